The Morgan fingerprint density at radius 2 is 1.95 bits per heavy atom. The number of benzene rings is 1. The molecule has 114 valence electrons. The topological polar surface area (TPSA) is 34.4 Å². The SMILES string of the molecule is CCCCCOc1ccc(CN[C@@H](C)c2ccco2)cc1. The lowest BCUT2D eigenvalue weighted by atomic mass is 10.2. The summed E-state index contributed by atoms with van der Waals surface area (Å²) in [5.74, 6) is 1.92. The number of nitrogens with one attached hydrogen (secondary N) is 1. The van der Waals surface area contributed by atoms with Crippen LogP contribution in [0.1, 0.15) is 50.5 Å². The lowest BCUT2D eigenvalue weighted by Gasteiger charge is -2.12. The van der Waals surface area contributed by atoms with Crippen molar-refractivity contribution in [2.45, 2.75) is 45.7 Å². The summed E-state index contributed by atoms with van der Waals surface area (Å²) in [6, 6.07) is 12.4. The van der Waals surface area contributed by atoms with Gasteiger partial charge in [-0.15, -0.1) is 0 Å². The average Bonchev–Trinajstić information content (AvgIpc) is 3.05. The van der Waals surface area contributed by atoms with E-state index in [0.717, 1.165) is 31.1 Å². The Bertz CT molecular complexity index is 490. The summed E-state index contributed by atoms with van der Waals surface area (Å²) in [4.78, 5) is 0. The normalized spacial score (nSPS) is 12.3. The minimum absolute atomic E-state index is 0.213. The molecule has 0 amide bonds. The van der Waals surface area contributed by atoms with E-state index in [4.69, 9.17) is 9.15 Å². The average molecular weight is 287 g/mol. The summed E-state index contributed by atoms with van der Waals surface area (Å²) < 4.78 is 11.1. The molecular weight excluding hydrogens is 262 g/mol. The van der Waals surface area contributed by atoms with Crippen LogP contribution in [0.2, 0.25) is 0 Å². The van der Waals surface area contributed by atoms with Crippen molar-refractivity contribution in [3.63, 3.8) is 0 Å². The van der Waals surface area contributed by atoms with E-state index >= 15 is 0 Å². The highest BCUT2D eigenvalue weighted by molar-refractivity contribution is 5.27. The molecule has 0 saturated carbocycles. The second-order valence-electron chi connectivity index (χ2n) is 5.32. The van der Waals surface area contributed by atoms with Gasteiger partial charge in [-0.3, -0.25) is 0 Å². The molecule has 2 rings (SSSR count). The molecule has 21 heavy (non-hydrogen) atoms. The smallest absolute Gasteiger partial charge is 0.120 e. The first-order valence-electron chi connectivity index (χ1n) is 7.78. The van der Waals surface area contributed by atoms with Crippen molar-refractivity contribution in [1.82, 2.24) is 5.32 Å². The Balaban J connectivity index is 1.74. The number of unbranched alkanes of at least 4 members (excludes halogenated alkanes) is 2. The quantitative estimate of drug-likeness (QED) is 0.679. The molecule has 1 heterocycles. The second-order valence-corrected chi connectivity index (χ2v) is 5.32. The summed E-state index contributed by atoms with van der Waals surface area (Å²) in [7, 11) is 0. The fourth-order valence-corrected chi connectivity index (χ4v) is 2.15. The molecule has 0 unspecified atom stereocenters. The lowest BCUT2D eigenvalue weighted by Crippen LogP contribution is -2.17. The molecule has 1 N–H and O–H groups in total. The monoisotopic (exact) mass is 287 g/mol. The van der Waals surface area contributed by atoms with Crippen LogP contribution in [-0.2, 0) is 6.54 Å². The molecule has 0 radical (unpaired) electrons. The molecule has 0 spiro atoms. The first-order valence-corrected chi connectivity index (χ1v) is 7.78. The number of hydrogen-bond acceptors (Lipinski definition) is 3. The van der Waals surface area contributed by atoms with Crippen molar-refractivity contribution >= 4 is 0 Å². The third kappa shape index (κ3) is 5.27. The van der Waals surface area contributed by atoms with E-state index in [0.29, 0.717) is 0 Å². The van der Waals surface area contributed by atoms with E-state index in [-0.39, 0.29) is 6.04 Å². The third-order valence-corrected chi connectivity index (χ3v) is 3.52. The first-order chi connectivity index (χ1) is 10.3. The Hall–Kier alpha value is -1.74. The van der Waals surface area contributed by atoms with E-state index in [1.807, 2.05) is 24.3 Å². The largest absolute Gasteiger partial charge is 0.494 e. The molecule has 1 aromatic carbocycles. The van der Waals surface area contributed by atoms with Crippen molar-refractivity contribution in [2.24, 2.45) is 0 Å². The predicted molar refractivity (Wildman–Crippen MR) is 85.4 cm³/mol. The summed E-state index contributed by atoms with van der Waals surface area (Å²) in [5.41, 5.74) is 1.24. The van der Waals surface area contributed by atoms with E-state index in [1.54, 1.807) is 6.26 Å². The zero-order valence-electron chi connectivity index (χ0n) is 13.0. The molecule has 1 atom stereocenters. The number of ether oxygens (including phenoxy) is 1. The van der Waals surface area contributed by atoms with Gasteiger partial charge in [-0.25, -0.2) is 0 Å². The number of hydrogen-bond donors (Lipinski definition) is 1. The Labute approximate surface area is 127 Å². The van der Waals surface area contributed by atoms with E-state index in [9.17, 15) is 0 Å². The molecule has 0 saturated heterocycles. The standard InChI is InChI=1S/C18H25NO2/c1-3-4-5-12-20-17-10-8-16(9-11-17)14-19-15(2)18-7-6-13-21-18/h6-11,13,15,19H,3-5,12,14H2,1-2H3/t15-/m0/s1. The van der Waals surface area contributed by atoms with E-state index in [2.05, 4.69) is 31.3 Å². The number of rotatable bonds is 9. The van der Waals surface area contributed by atoms with Crippen molar-refractivity contribution in [3.8, 4) is 5.75 Å². The van der Waals surface area contributed by atoms with Crippen molar-refractivity contribution in [2.75, 3.05) is 6.61 Å². The van der Waals surface area contributed by atoms with Gasteiger partial charge in [0.05, 0.1) is 18.9 Å². The van der Waals surface area contributed by atoms with E-state index in [1.165, 1.54) is 18.4 Å². The molecule has 1 aromatic heterocycles. The Morgan fingerprint density at radius 1 is 1.14 bits per heavy atom. The summed E-state index contributed by atoms with van der Waals surface area (Å²) in [5, 5.41) is 3.45. The van der Waals surface area contributed by atoms with Gasteiger partial charge in [-0.2, -0.15) is 0 Å². The van der Waals surface area contributed by atoms with Gasteiger partial charge in [0.15, 0.2) is 0 Å². The van der Waals surface area contributed by atoms with Crippen LogP contribution in [0.15, 0.2) is 47.1 Å². The third-order valence-electron chi connectivity index (χ3n) is 3.52. The summed E-state index contributed by atoms with van der Waals surface area (Å²) in [6.45, 7) is 5.93. The van der Waals surface area contributed by atoms with Gasteiger partial charge in [-0.05, 0) is 43.2 Å². The van der Waals surface area contributed by atoms with Crippen LogP contribution in [-0.4, -0.2) is 6.61 Å². The highest BCUT2D eigenvalue weighted by Crippen LogP contribution is 2.15. The van der Waals surface area contributed by atoms with Crippen molar-refractivity contribution < 1.29 is 9.15 Å². The van der Waals surface area contributed by atoms with Crippen LogP contribution in [0.4, 0.5) is 0 Å². The molecule has 0 aliphatic rings. The van der Waals surface area contributed by atoms with Gasteiger partial charge in [0.2, 0.25) is 0 Å². The van der Waals surface area contributed by atoms with Gasteiger partial charge >= 0.3 is 0 Å². The molecule has 0 aliphatic carbocycles. The molecule has 0 bridgehead atoms. The fraction of sp³-hybridized carbons (Fsp3) is 0.444. The Morgan fingerprint density at radius 3 is 2.62 bits per heavy atom. The lowest BCUT2D eigenvalue weighted by molar-refractivity contribution is 0.306. The maximum absolute atomic E-state index is 5.71. The van der Waals surface area contributed by atoms with Crippen LogP contribution in [0.5, 0.6) is 5.75 Å². The molecule has 0 aliphatic heterocycles. The summed E-state index contributed by atoms with van der Waals surface area (Å²) in [6.07, 6.45) is 5.28. The van der Waals surface area contributed by atoms with Crippen LogP contribution >= 0.6 is 0 Å². The predicted octanol–water partition coefficient (Wildman–Crippen LogP) is 4.70. The van der Waals surface area contributed by atoms with Gasteiger partial charge in [0.25, 0.3) is 0 Å². The first kappa shape index (κ1) is 15.6. The van der Waals surface area contributed by atoms with Gasteiger partial charge in [-0.1, -0.05) is 31.9 Å². The maximum Gasteiger partial charge on any atom is 0.120 e. The molecule has 3 heteroatoms. The zero-order valence-corrected chi connectivity index (χ0v) is 13.0. The second kappa shape index (κ2) is 8.53. The van der Waals surface area contributed by atoms with Crippen LogP contribution in [0, 0.1) is 0 Å². The molecule has 3 nitrogen and oxygen atoms in total. The zero-order chi connectivity index (χ0) is 14.9. The van der Waals surface area contributed by atoms with E-state index < -0.39 is 0 Å². The fourth-order valence-electron chi connectivity index (χ4n) is 2.15. The molecular formula is C18H25NO2. The Kier molecular flexibility index (Phi) is 6.35. The van der Waals surface area contributed by atoms with Crippen LogP contribution in [0.3, 0.4) is 0 Å². The molecule has 0 fully saturated rings. The van der Waals surface area contributed by atoms with Crippen molar-refractivity contribution in [3.05, 3.63) is 54.0 Å². The van der Waals surface area contributed by atoms with Crippen LogP contribution < -0.4 is 10.1 Å². The minimum atomic E-state index is 0.213. The molecule has 2 aromatic rings. The summed E-state index contributed by atoms with van der Waals surface area (Å²) >= 11 is 0. The highest BCUT2D eigenvalue weighted by Gasteiger charge is 2.07. The van der Waals surface area contributed by atoms with Gasteiger partial charge in [0.1, 0.15) is 11.5 Å². The van der Waals surface area contributed by atoms with Crippen LogP contribution in [0.25, 0.3) is 0 Å². The van der Waals surface area contributed by atoms with Gasteiger partial charge in [0, 0.05) is 6.54 Å². The minimum Gasteiger partial charge on any atom is -0.494 e. The van der Waals surface area contributed by atoms with Crippen molar-refractivity contribution in [1.29, 1.82) is 0 Å². The maximum atomic E-state index is 5.71. The number of furan rings is 1. The highest BCUT2D eigenvalue weighted by atomic mass is 16.5. The van der Waals surface area contributed by atoms with Gasteiger partial charge < -0.3 is 14.5 Å².